The van der Waals surface area contributed by atoms with Gasteiger partial charge in [-0.05, 0) is 62.2 Å². The van der Waals surface area contributed by atoms with Crippen LogP contribution in [0.1, 0.15) is 10.4 Å². The van der Waals surface area contributed by atoms with Crippen molar-refractivity contribution in [3.05, 3.63) is 48.5 Å². The third kappa shape index (κ3) is 4.71. The summed E-state index contributed by atoms with van der Waals surface area (Å²) in [6.45, 7) is 0.925. The molecule has 2 aromatic rings. The van der Waals surface area contributed by atoms with Gasteiger partial charge in [-0.2, -0.15) is 0 Å². The largest absolute Gasteiger partial charge is 0.492 e. The van der Waals surface area contributed by atoms with Gasteiger partial charge in [0.25, 0.3) is 5.91 Å². The lowest BCUT2D eigenvalue weighted by Gasteiger charge is -2.17. The lowest BCUT2D eigenvalue weighted by Crippen LogP contribution is -2.30. The van der Waals surface area contributed by atoms with Crippen molar-refractivity contribution >= 4 is 60.7 Å². The van der Waals surface area contributed by atoms with Crippen molar-refractivity contribution in [3.63, 3.8) is 0 Å². The molecule has 1 aromatic heterocycles. The van der Waals surface area contributed by atoms with Gasteiger partial charge in [-0.1, -0.05) is 11.6 Å². The molecule has 1 amide bonds. The lowest BCUT2D eigenvalue weighted by molar-refractivity contribution is 0.0773. The number of carbonyl (C=O) groups is 1. The molecule has 0 N–H and O–H groups in total. The Morgan fingerprint density at radius 3 is 2.57 bits per heavy atom. The van der Waals surface area contributed by atoms with Crippen LogP contribution in [0.5, 0.6) is 5.75 Å². The third-order valence-corrected chi connectivity index (χ3v) is 5.33. The summed E-state index contributed by atoms with van der Waals surface area (Å²) in [5.74, 6) is 0.697. The summed E-state index contributed by atoms with van der Waals surface area (Å²) >= 11 is 14.1. The number of nitrogens with zero attached hydrogens (tertiary/aromatic N) is 1. The molecule has 0 saturated heterocycles. The topological polar surface area (TPSA) is 29.5 Å². The molecule has 2 rings (SSSR count). The number of amides is 1. The van der Waals surface area contributed by atoms with E-state index >= 15 is 0 Å². The van der Waals surface area contributed by atoms with Gasteiger partial charge >= 0.3 is 0 Å². The van der Waals surface area contributed by atoms with Gasteiger partial charge in [-0.3, -0.25) is 4.79 Å². The zero-order valence-corrected chi connectivity index (χ0v) is 15.9. The summed E-state index contributed by atoms with van der Waals surface area (Å²) < 4.78 is 7.33. The summed E-state index contributed by atoms with van der Waals surface area (Å²) in [6, 6.07) is 8.96. The van der Waals surface area contributed by atoms with E-state index in [1.54, 1.807) is 36.2 Å². The number of benzene rings is 1. The standard InChI is InChI=1S/C14H12Br2ClNO2S/c1-18(14(19)11-8-12(15)21-13(11)16)6-7-20-10-4-2-9(17)3-5-10/h2-5,8H,6-7H2,1H3. The van der Waals surface area contributed by atoms with E-state index < -0.39 is 0 Å². The van der Waals surface area contributed by atoms with Crippen molar-refractivity contribution in [1.29, 1.82) is 0 Å². The van der Waals surface area contributed by atoms with Gasteiger partial charge in [-0.15, -0.1) is 11.3 Å². The molecular formula is C14H12Br2ClNO2S. The van der Waals surface area contributed by atoms with Gasteiger partial charge < -0.3 is 9.64 Å². The van der Waals surface area contributed by atoms with Crippen LogP contribution in [0.4, 0.5) is 0 Å². The van der Waals surface area contributed by atoms with Crippen molar-refractivity contribution < 1.29 is 9.53 Å². The minimum atomic E-state index is -0.0384. The van der Waals surface area contributed by atoms with Crippen LogP contribution in [-0.4, -0.2) is 31.0 Å². The predicted molar refractivity (Wildman–Crippen MR) is 93.6 cm³/mol. The Bertz CT molecular complexity index is 630. The Morgan fingerprint density at radius 1 is 1.33 bits per heavy atom. The maximum atomic E-state index is 12.3. The molecule has 21 heavy (non-hydrogen) atoms. The number of carbonyl (C=O) groups excluding carboxylic acids is 1. The van der Waals surface area contributed by atoms with Crippen molar-refractivity contribution in [2.45, 2.75) is 0 Å². The summed E-state index contributed by atoms with van der Waals surface area (Å²) in [5, 5.41) is 0.669. The van der Waals surface area contributed by atoms with Crippen molar-refractivity contribution in [3.8, 4) is 5.75 Å². The number of rotatable bonds is 5. The minimum Gasteiger partial charge on any atom is -0.492 e. The zero-order valence-electron chi connectivity index (χ0n) is 11.1. The molecule has 0 aliphatic carbocycles. The molecule has 1 aromatic carbocycles. The average Bonchev–Trinajstić information content (AvgIpc) is 2.79. The summed E-state index contributed by atoms with van der Waals surface area (Å²) in [4.78, 5) is 13.9. The van der Waals surface area contributed by atoms with Gasteiger partial charge in [-0.25, -0.2) is 0 Å². The Kier molecular flexibility index (Phi) is 6.10. The average molecular weight is 454 g/mol. The van der Waals surface area contributed by atoms with Gasteiger partial charge in [0.2, 0.25) is 0 Å². The van der Waals surface area contributed by atoms with Gasteiger partial charge in [0, 0.05) is 12.1 Å². The van der Waals surface area contributed by atoms with Crippen molar-refractivity contribution in [2.75, 3.05) is 20.2 Å². The summed E-state index contributed by atoms with van der Waals surface area (Å²) in [6.07, 6.45) is 0. The molecule has 1 heterocycles. The number of hydrogen-bond donors (Lipinski definition) is 0. The Balaban J connectivity index is 1.87. The third-order valence-electron chi connectivity index (χ3n) is 2.74. The number of thiophene rings is 1. The fourth-order valence-electron chi connectivity index (χ4n) is 1.62. The highest BCUT2D eigenvalue weighted by molar-refractivity contribution is 9.12. The number of halogens is 3. The van der Waals surface area contributed by atoms with E-state index in [-0.39, 0.29) is 5.91 Å². The first-order valence-corrected chi connectivity index (χ1v) is 8.84. The highest BCUT2D eigenvalue weighted by Gasteiger charge is 2.17. The zero-order chi connectivity index (χ0) is 15.4. The van der Waals surface area contributed by atoms with Crippen molar-refractivity contribution in [1.82, 2.24) is 4.90 Å². The first kappa shape index (κ1) is 16.8. The first-order chi connectivity index (χ1) is 9.97. The minimum absolute atomic E-state index is 0.0384. The molecule has 0 radical (unpaired) electrons. The number of likely N-dealkylation sites (N-methyl/N-ethyl adjacent to an activating group) is 1. The SMILES string of the molecule is CN(CCOc1ccc(Cl)cc1)C(=O)c1cc(Br)sc1Br. The van der Waals surface area contributed by atoms with Crippen LogP contribution in [0.2, 0.25) is 5.02 Å². The molecule has 0 fully saturated rings. The van der Waals surface area contributed by atoms with E-state index in [2.05, 4.69) is 31.9 Å². The van der Waals surface area contributed by atoms with Crippen molar-refractivity contribution in [2.24, 2.45) is 0 Å². The number of ether oxygens (including phenoxy) is 1. The molecule has 0 bridgehead atoms. The predicted octanol–water partition coefficient (Wildman–Crippen LogP) is 5.08. The smallest absolute Gasteiger partial charge is 0.255 e. The highest BCUT2D eigenvalue weighted by Crippen LogP contribution is 2.32. The van der Waals surface area contributed by atoms with Crippen LogP contribution in [0.25, 0.3) is 0 Å². The molecule has 0 spiro atoms. The molecule has 0 unspecified atom stereocenters. The van der Waals surface area contributed by atoms with E-state index in [0.717, 1.165) is 13.3 Å². The Labute approximate surface area is 149 Å². The fraction of sp³-hybridized carbons (Fsp3) is 0.214. The van der Waals surface area contributed by atoms with Crippen LogP contribution in [0.15, 0.2) is 37.9 Å². The molecule has 0 saturated carbocycles. The second-order valence-electron chi connectivity index (χ2n) is 4.27. The molecule has 7 heteroatoms. The summed E-state index contributed by atoms with van der Waals surface area (Å²) in [7, 11) is 1.76. The molecular weight excluding hydrogens is 441 g/mol. The van der Waals surface area contributed by atoms with Gasteiger partial charge in [0.1, 0.15) is 12.4 Å². The summed E-state index contributed by atoms with van der Waals surface area (Å²) in [5.41, 5.74) is 0.654. The maximum Gasteiger partial charge on any atom is 0.255 e. The monoisotopic (exact) mass is 451 g/mol. The molecule has 0 aliphatic heterocycles. The Hall–Kier alpha value is -0.560. The second kappa shape index (κ2) is 7.63. The maximum absolute atomic E-state index is 12.3. The van der Waals surface area contributed by atoms with E-state index in [0.29, 0.717) is 23.7 Å². The van der Waals surface area contributed by atoms with Crippen LogP contribution in [0, 0.1) is 0 Å². The molecule has 3 nitrogen and oxygen atoms in total. The van der Waals surface area contributed by atoms with Crippen LogP contribution < -0.4 is 4.74 Å². The van der Waals surface area contributed by atoms with Crippen LogP contribution in [-0.2, 0) is 0 Å². The number of hydrogen-bond acceptors (Lipinski definition) is 3. The fourth-order valence-corrected chi connectivity index (χ4v) is 4.53. The van der Waals surface area contributed by atoms with Crippen LogP contribution >= 0.6 is 54.8 Å². The van der Waals surface area contributed by atoms with E-state index in [1.165, 1.54) is 11.3 Å². The lowest BCUT2D eigenvalue weighted by atomic mass is 10.3. The molecule has 0 atom stereocenters. The second-order valence-corrected chi connectivity index (χ2v) is 8.45. The normalized spacial score (nSPS) is 10.5. The first-order valence-electron chi connectivity index (χ1n) is 6.06. The Morgan fingerprint density at radius 2 is 2.00 bits per heavy atom. The molecule has 0 aliphatic rings. The highest BCUT2D eigenvalue weighted by atomic mass is 79.9. The quantitative estimate of drug-likeness (QED) is 0.632. The van der Waals surface area contributed by atoms with Crippen LogP contribution in [0.3, 0.4) is 0 Å². The van der Waals surface area contributed by atoms with Gasteiger partial charge in [0.15, 0.2) is 0 Å². The molecule has 112 valence electrons. The van der Waals surface area contributed by atoms with E-state index in [4.69, 9.17) is 16.3 Å². The van der Waals surface area contributed by atoms with E-state index in [1.807, 2.05) is 6.07 Å². The van der Waals surface area contributed by atoms with E-state index in [9.17, 15) is 4.79 Å². The van der Waals surface area contributed by atoms with Gasteiger partial charge in [0.05, 0.1) is 19.7 Å².